The second-order valence-electron chi connectivity index (χ2n) is 17.4. The molecule has 358 valence electrons. The Morgan fingerprint density at radius 2 is 1.08 bits per heavy atom. The molecule has 0 saturated carbocycles. The van der Waals surface area contributed by atoms with Gasteiger partial charge in [0, 0.05) is 66.8 Å². The first-order valence-corrected chi connectivity index (χ1v) is 22.8. The highest BCUT2D eigenvalue weighted by atomic mass is 19.4. The van der Waals surface area contributed by atoms with Crippen molar-refractivity contribution in [3.05, 3.63) is 136 Å². The summed E-state index contributed by atoms with van der Waals surface area (Å²) in [6.07, 6.45) is -3.21. The zero-order chi connectivity index (χ0) is 47.1. The first kappa shape index (κ1) is 51.0. The summed E-state index contributed by atoms with van der Waals surface area (Å²) >= 11 is 0. The summed E-state index contributed by atoms with van der Waals surface area (Å²) in [5.41, 5.74) is 2.47. The van der Waals surface area contributed by atoms with E-state index in [9.17, 15) is 40.3 Å². The quantitative estimate of drug-likeness (QED) is 0.0864. The number of benzene rings is 4. The van der Waals surface area contributed by atoms with Crippen molar-refractivity contribution < 1.29 is 47.9 Å². The molecule has 7 nitrogen and oxygen atoms in total. The average molecular weight is 917 g/mol. The normalized spacial score (nSPS) is 15.0. The standard InChI is InChI=1S/C26H33F3N2O.C25H30F4N2O2.2H2/c1-3-19(4-2)15-30-25(32)23-17-31(18-23)16-22-12-9-20(10-13-22)8-11-21-6-5-7-24(14-21)26(27,28)29;1-3-17(4-2)12-30-24(32)20-14-31(15-20)13-19-8-9-22(11-23(19)26)33-16-18-6-5-7-21(10-18)25(27,28)29;;/h5-7,9-10,12-14,19,23H,3-4,8,11,15-18H2,1-2H3,(H,30,32);5-11,17,20H,3-4,12-16H2,1-2H3,(H,30,32);2*1H. The lowest BCUT2D eigenvalue weighted by molar-refractivity contribution is -0.138. The van der Waals surface area contributed by atoms with E-state index >= 15 is 0 Å². The Hall–Kier alpha value is -4.95. The summed E-state index contributed by atoms with van der Waals surface area (Å²) in [7, 11) is 0. The summed E-state index contributed by atoms with van der Waals surface area (Å²) in [5, 5.41) is 6.10. The molecule has 2 fully saturated rings. The maximum atomic E-state index is 14.5. The maximum Gasteiger partial charge on any atom is 0.416 e. The molecule has 0 unspecified atom stereocenters. The molecule has 2 N–H and O–H groups in total. The van der Waals surface area contributed by atoms with Crippen LogP contribution in [0.15, 0.2) is 91.0 Å². The van der Waals surface area contributed by atoms with E-state index < -0.39 is 29.3 Å². The van der Waals surface area contributed by atoms with Crippen LogP contribution in [0.4, 0.5) is 30.7 Å². The van der Waals surface area contributed by atoms with Gasteiger partial charge in [-0.25, -0.2) is 4.39 Å². The van der Waals surface area contributed by atoms with E-state index in [0.717, 1.165) is 75.6 Å². The van der Waals surface area contributed by atoms with E-state index in [4.69, 9.17) is 4.74 Å². The minimum atomic E-state index is -4.42. The number of nitrogens with one attached hydrogen (secondary N) is 2. The van der Waals surface area contributed by atoms with Crippen LogP contribution in [0.25, 0.3) is 0 Å². The Morgan fingerprint density at radius 3 is 1.57 bits per heavy atom. The van der Waals surface area contributed by atoms with E-state index in [1.165, 1.54) is 35.9 Å². The number of hydrogen-bond acceptors (Lipinski definition) is 5. The van der Waals surface area contributed by atoms with Gasteiger partial charge in [-0.3, -0.25) is 19.4 Å². The van der Waals surface area contributed by atoms with Gasteiger partial charge in [-0.15, -0.1) is 0 Å². The number of carbonyl (C=O) groups is 2. The number of ether oxygens (including phenoxy) is 1. The number of halogens is 7. The molecule has 4 aromatic carbocycles. The third kappa shape index (κ3) is 15.9. The first-order valence-electron chi connectivity index (χ1n) is 22.8. The van der Waals surface area contributed by atoms with Crippen LogP contribution in [-0.4, -0.2) is 60.9 Å². The van der Waals surface area contributed by atoms with Crippen molar-refractivity contribution in [3.63, 3.8) is 0 Å². The minimum Gasteiger partial charge on any atom is -0.489 e. The number of hydrogen-bond donors (Lipinski definition) is 2. The van der Waals surface area contributed by atoms with Gasteiger partial charge in [0.15, 0.2) is 0 Å². The van der Waals surface area contributed by atoms with Crippen molar-refractivity contribution in [3.8, 4) is 5.75 Å². The molecule has 2 aliphatic heterocycles. The number of rotatable bonds is 20. The predicted molar refractivity (Wildman–Crippen MR) is 243 cm³/mol. The van der Waals surface area contributed by atoms with Crippen LogP contribution in [0, 0.1) is 29.5 Å². The molecule has 2 amide bonds. The second kappa shape index (κ2) is 24.0. The highest BCUT2D eigenvalue weighted by molar-refractivity contribution is 5.80. The molecule has 0 spiro atoms. The van der Waals surface area contributed by atoms with Gasteiger partial charge < -0.3 is 15.4 Å². The number of alkyl halides is 6. The molecule has 0 radical (unpaired) electrons. The van der Waals surface area contributed by atoms with Gasteiger partial charge in [-0.2, -0.15) is 26.3 Å². The molecule has 14 heteroatoms. The molecule has 6 rings (SSSR count). The Morgan fingerprint density at radius 1 is 0.615 bits per heavy atom. The van der Waals surface area contributed by atoms with E-state index in [-0.39, 0.29) is 38.9 Å². The summed E-state index contributed by atoms with van der Waals surface area (Å²) in [4.78, 5) is 28.8. The smallest absolute Gasteiger partial charge is 0.416 e. The topological polar surface area (TPSA) is 73.9 Å². The Labute approximate surface area is 382 Å². The van der Waals surface area contributed by atoms with Crippen LogP contribution < -0.4 is 15.4 Å². The van der Waals surface area contributed by atoms with E-state index in [0.29, 0.717) is 67.5 Å². The largest absolute Gasteiger partial charge is 0.489 e. The molecule has 2 heterocycles. The van der Waals surface area contributed by atoms with Crippen LogP contribution in [0.2, 0.25) is 0 Å². The van der Waals surface area contributed by atoms with E-state index in [1.807, 2.05) is 17.0 Å². The van der Waals surface area contributed by atoms with Gasteiger partial charge >= 0.3 is 12.4 Å². The molecular weight excluding hydrogens is 850 g/mol. The lowest BCUT2D eigenvalue weighted by Crippen LogP contribution is -2.53. The average Bonchev–Trinajstić information content (AvgIpc) is 3.25. The maximum absolute atomic E-state index is 14.5. The lowest BCUT2D eigenvalue weighted by atomic mass is 9.96. The summed E-state index contributed by atoms with van der Waals surface area (Å²) in [6, 6.07) is 23.1. The number of nitrogens with zero attached hydrogens (tertiary/aromatic N) is 2. The van der Waals surface area contributed by atoms with Crippen molar-refractivity contribution in [2.45, 2.75) is 98.3 Å². The second-order valence-corrected chi connectivity index (χ2v) is 17.4. The van der Waals surface area contributed by atoms with E-state index in [1.54, 1.807) is 18.2 Å². The van der Waals surface area contributed by atoms with Crippen LogP contribution in [0.1, 0.15) is 95.2 Å². The third-order valence-corrected chi connectivity index (χ3v) is 12.6. The van der Waals surface area contributed by atoms with Gasteiger partial charge in [-0.1, -0.05) is 114 Å². The predicted octanol–water partition coefficient (Wildman–Crippen LogP) is 11.4. The molecule has 0 aliphatic carbocycles. The van der Waals surface area contributed by atoms with Crippen LogP contribution in [-0.2, 0) is 54.5 Å². The molecule has 0 atom stereocenters. The fourth-order valence-corrected chi connectivity index (χ4v) is 7.92. The fraction of sp³-hybridized carbons (Fsp3) is 0.490. The molecule has 2 aliphatic rings. The van der Waals surface area contributed by atoms with Crippen molar-refractivity contribution >= 4 is 11.8 Å². The van der Waals surface area contributed by atoms with Crippen LogP contribution in [0.5, 0.6) is 5.75 Å². The van der Waals surface area contributed by atoms with Gasteiger partial charge in [0.1, 0.15) is 18.2 Å². The molecule has 2 saturated heterocycles. The number of amides is 2. The third-order valence-electron chi connectivity index (χ3n) is 12.6. The Bertz CT molecular complexity index is 2120. The first-order chi connectivity index (χ1) is 31.0. The highest BCUT2D eigenvalue weighted by Crippen LogP contribution is 2.31. The summed E-state index contributed by atoms with van der Waals surface area (Å²) in [6.45, 7) is 13.8. The Balaban J connectivity index is 0.000000345. The minimum absolute atomic E-state index is 0. The number of likely N-dealkylation sites (tertiary alicyclic amines) is 2. The monoisotopic (exact) mass is 917 g/mol. The lowest BCUT2D eigenvalue weighted by Gasteiger charge is -2.38. The van der Waals surface area contributed by atoms with Gasteiger partial charge in [-0.05, 0) is 71.2 Å². The van der Waals surface area contributed by atoms with Crippen LogP contribution in [0.3, 0.4) is 0 Å². The van der Waals surface area contributed by atoms with Gasteiger partial charge in [0.2, 0.25) is 11.8 Å². The van der Waals surface area contributed by atoms with Crippen molar-refractivity contribution in [2.75, 3.05) is 39.3 Å². The van der Waals surface area contributed by atoms with Crippen molar-refractivity contribution in [1.29, 1.82) is 0 Å². The van der Waals surface area contributed by atoms with Gasteiger partial charge in [0.05, 0.1) is 23.0 Å². The van der Waals surface area contributed by atoms with Crippen LogP contribution >= 0.6 is 0 Å². The van der Waals surface area contributed by atoms with E-state index in [2.05, 4.69) is 55.4 Å². The van der Waals surface area contributed by atoms with Crippen molar-refractivity contribution in [2.24, 2.45) is 23.7 Å². The van der Waals surface area contributed by atoms with Crippen molar-refractivity contribution in [1.82, 2.24) is 20.4 Å². The summed E-state index contributed by atoms with van der Waals surface area (Å²) < 4.78 is 97.0. The Kier molecular flexibility index (Phi) is 18.8. The van der Waals surface area contributed by atoms with Gasteiger partial charge in [0.25, 0.3) is 0 Å². The number of carbonyl (C=O) groups excluding carboxylic acids is 2. The zero-order valence-electron chi connectivity index (χ0n) is 37.8. The number of aryl methyl sites for hydroxylation is 2. The molecule has 0 aromatic heterocycles. The molecule has 0 bridgehead atoms. The SMILES string of the molecule is CCC(CC)CNC(=O)C1CN(Cc2ccc(CCc3cccc(C(F)(F)F)c3)cc2)C1.CCC(CC)CNC(=O)C1CN(Cc2ccc(OCc3cccc(C(F)(F)F)c3)cc2F)C1.[HH].[HH]. The summed E-state index contributed by atoms with van der Waals surface area (Å²) in [5.74, 6) is 1.08. The highest BCUT2D eigenvalue weighted by Gasteiger charge is 2.34. The fourth-order valence-electron chi connectivity index (χ4n) is 7.92. The molecule has 4 aromatic rings. The zero-order valence-corrected chi connectivity index (χ0v) is 37.8. The molecular formula is C51H67F7N4O3. The molecule has 65 heavy (non-hydrogen) atoms.